The van der Waals surface area contributed by atoms with Gasteiger partial charge in [-0.15, -0.1) is 5.10 Å². The van der Waals surface area contributed by atoms with E-state index in [1.165, 1.54) is 36.9 Å². The second kappa shape index (κ2) is 21.1. The molecule has 1 amide bonds. The molecule has 3 aliphatic rings. The van der Waals surface area contributed by atoms with E-state index >= 15 is 0 Å². The zero-order chi connectivity index (χ0) is 45.8. The third-order valence-electron chi connectivity index (χ3n) is 12.6. The van der Waals surface area contributed by atoms with Crippen molar-refractivity contribution in [3.8, 4) is 0 Å². The van der Waals surface area contributed by atoms with Gasteiger partial charge in [0.05, 0.1) is 68.0 Å². The van der Waals surface area contributed by atoms with Gasteiger partial charge in [-0.1, -0.05) is 25.1 Å². The van der Waals surface area contributed by atoms with Crippen LogP contribution in [0.3, 0.4) is 0 Å². The highest BCUT2D eigenvalue weighted by Gasteiger charge is 2.50. The summed E-state index contributed by atoms with van der Waals surface area (Å²) in [5.74, 6) is -3.42. The SMILES string of the molecule is C[C@H]1CN(C)[C@H](C)[C@@H](O)[C@](C)(O)[C@@H](I)OC(=O)[C@H](C)[C@@H](O)[C@H](C)[C@@H](O[C@@H]2O[C@H](C)C[C@H](N(C)CCOCc3cn(C[C@H]4CN(c5cccc(F)c5)C(=O)O4)nn3)[C@H]2O)[C@](C)(O)C1. The van der Waals surface area contributed by atoms with Crippen molar-refractivity contribution in [2.75, 3.05) is 45.2 Å². The number of hydrogen-bond donors (Lipinski definition) is 5. The van der Waals surface area contributed by atoms with Gasteiger partial charge in [-0.25, -0.2) is 13.9 Å². The van der Waals surface area contributed by atoms with Crippen molar-refractivity contribution in [3.63, 3.8) is 0 Å². The first-order valence-electron chi connectivity index (χ1n) is 21.2. The lowest BCUT2D eigenvalue weighted by atomic mass is 9.78. The molecule has 0 bridgehead atoms. The number of nitrogens with zero attached hydrogens (tertiary/aromatic N) is 6. The third-order valence-corrected chi connectivity index (χ3v) is 14.1. The van der Waals surface area contributed by atoms with Crippen molar-refractivity contribution in [1.29, 1.82) is 0 Å². The summed E-state index contributed by atoms with van der Waals surface area (Å²) in [6, 6.07) is 4.74. The Hall–Kier alpha value is -2.64. The number of aliphatic hydroxyl groups excluding tert-OH is 3. The molecule has 5 rings (SSSR count). The number of esters is 1. The second-order valence-corrected chi connectivity index (χ2v) is 19.3. The van der Waals surface area contributed by atoms with E-state index in [0.717, 1.165) is 0 Å². The zero-order valence-corrected chi connectivity index (χ0v) is 39.2. The first-order chi connectivity index (χ1) is 29.0. The summed E-state index contributed by atoms with van der Waals surface area (Å²) >= 11 is 1.77. The van der Waals surface area contributed by atoms with E-state index in [9.17, 15) is 39.5 Å². The van der Waals surface area contributed by atoms with Crippen molar-refractivity contribution in [2.45, 2.75) is 145 Å². The minimum atomic E-state index is -1.82. The lowest BCUT2D eigenvalue weighted by Gasteiger charge is -2.47. The zero-order valence-electron chi connectivity index (χ0n) is 37.1. The minimum absolute atomic E-state index is 0.153. The van der Waals surface area contributed by atoms with Gasteiger partial charge >= 0.3 is 12.1 Å². The summed E-state index contributed by atoms with van der Waals surface area (Å²) in [7, 11) is 3.65. The van der Waals surface area contributed by atoms with Crippen LogP contribution in [0.5, 0.6) is 0 Å². The van der Waals surface area contributed by atoms with E-state index in [1.54, 1.807) is 67.4 Å². The topological polar surface area (TPSA) is 222 Å². The molecular weight excluding hydrogens is 926 g/mol. The first kappa shape index (κ1) is 50.4. The number of ether oxygens (including phenoxy) is 5. The Morgan fingerprint density at radius 2 is 1.76 bits per heavy atom. The maximum atomic E-state index is 13.7. The molecule has 15 atom stereocenters. The van der Waals surface area contributed by atoms with Gasteiger partial charge in [0.25, 0.3) is 0 Å². The van der Waals surface area contributed by atoms with Gasteiger partial charge < -0.3 is 54.1 Å². The van der Waals surface area contributed by atoms with Crippen molar-refractivity contribution in [3.05, 3.63) is 42.0 Å². The molecular formula is C42H66FIN6O12. The Kier molecular flexibility index (Phi) is 17.2. The number of hydrogen-bond acceptors (Lipinski definition) is 16. The number of carbonyl (C=O) groups excluding carboxylic acids is 2. The molecule has 0 aliphatic carbocycles. The molecule has 4 heterocycles. The van der Waals surface area contributed by atoms with E-state index in [1.807, 2.05) is 30.7 Å². The molecule has 3 saturated heterocycles. The monoisotopic (exact) mass is 992 g/mol. The molecule has 3 fully saturated rings. The van der Waals surface area contributed by atoms with E-state index in [2.05, 4.69) is 10.3 Å². The summed E-state index contributed by atoms with van der Waals surface area (Å²) in [6.07, 6.45) is -5.29. The van der Waals surface area contributed by atoms with Crippen LogP contribution in [0, 0.1) is 23.6 Å². The van der Waals surface area contributed by atoms with Crippen LogP contribution in [-0.2, 0) is 41.6 Å². The van der Waals surface area contributed by atoms with E-state index in [-0.39, 0.29) is 44.7 Å². The molecule has 2 aromatic rings. The number of aromatic nitrogens is 3. The van der Waals surface area contributed by atoms with Crippen LogP contribution < -0.4 is 4.90 Å². The van der Waals surface area contributed by atoms with Crippen LogP contribution in [0.25, 0.3) is 0 Å². The summed E-state index contributed by atoms with van der Waals surface area (Å²) < 4.78 is 43.9. The van der Waals surface area contributed by atoms with Gasteiger partial charge in [-0.2, -0.15) is 0 Å². The Morgan fingerprint density at radius 1 is 1.05 bits per heavy atom. The molecule has 1 aromatic carbocycles. The predicted octanol–water partition coefficient (Wildman–Crippen LogP) is 2.30. The standard InChI is InChI=1S/C42H66FIN6O12/c1-23-17-41(6,56)36(25(3)33(51)26(4)37(54)62-39(44)42(7,57)35(53)27(5)48(9)18-23)61-38-34(52)32(15-24(2)59-38)47(8)13-14-58-22-29-19-49(46-45-29)20-31-21-50(40(55)60-31)30-12-10-11-28(43)16-30/h10-12,16,19,23-27,31-36,38-39,51-53,56-57H,13-15,17-18,20-22H2,1-9H3/t23-,24-,25+,26-,27-,31+,32+,33+,34-,35-,36-,38+,39+,41-,42+/m1/s1. The van der Waals surface area contributed by atoms with Gasteiger partial charge in [-0.3, -0.25) is 14.6 Å². The largest absolute Gasteiger partial charge is 0.448 e. The number of likely N-dealkylation sites (N-methyl/N-ethyl adjacent to an activating group) is 2. The lowest BCUT2D eigenvalue weighted by molar-refractivity contribution is -0.300. The number of aliphatic hydroxyl groups is 5. The van der Waals surface area contributed by atoms with Crippen LogP contribution in [-0.4, -0.2) is 173 Å². The number of alkyl halides is 1. The van der Waals surface area contributed by atoms with Gasteiger partial charge in [0.2, 0.25) is 0 Å². The average Bonchev–Trinajstić information content (AvgIpc) is 3.82. The highest BCUT2D eigenvalue weighted by atomic mass is 127. The fourth-order valence-corrected chi connectivity index (χ4v) is 9.41. The summed E-state index contributed by atoms with van der Waals surface area (Å²) in [5.41, 5.74) is -2.45. The number of amides is 1. The maximum Gasteiger partial charge on any atom is 0.414 e. The van der Waals surface area contributed by atoms with E-state index < -0.39 is 93.9 Å². The quantitative estimate of drug-likeness (QED) is 0.0944. The molecule has 20 heteroatoms. The summed E-state index contributed by atoms with van der Waals surface area (Å²) in [6.45, 7) is 13.5. The highest BCUT2D eigenvalue weighted by molar-refractivity contribution is 14.1. The highest BCUT2D eigenvalue weighted by Crippen LogP contribution is 2.37. The molecule has 18 nitrogen and oxygen atoms in total. The van der Waals surface area contributed by atoms with Gasteiger partial charge in [0.1, 0.15) is 35.4 Å². The van der Waals surface area contributed by atoms with Crippen molar-refractivity contribution >= 4 is 40.3 Å². The molecule has 62 heavy (non-hydrogen) atoms. The molecule has 0 saturated carbocycles. The van der Waals surface area contributed by atoms with Crippen LogP contribution in [0.1, 0.15) is 67.0 Å². The smallest absolute Gasteiger partial charge is 0.414 e. The Balaban J connectivity index is 1.20. The first-order valence-corrected chi connectivity index (χ1v) is 22.5. The van der Waals surface area contributed by atoms with Gasteiger partial charge in [0, 0.05) is 31.1 Å². The Bertz CT molecular complexity index is 1790. The fourth-order valence-electron chi connectivity index (χ4n) is 8.80. The number of carbonyl (C=O) groups is 2. The molecule has 0 radical (unpaired) electrons. The predicted molar refractivity (Wildman–Crippen MR) is 231 cm³/mol. The normalized spacial score (nSPS) is 38.4. The van der Waals surface area contributed by atoms with Crippen LogP contribution in [0.15, 0.2) is 30.5 Å². The molecule has 1 aromatic heterocycles. The summed E-state index contributed by atoms with van der Waals surface area (Å²) in [4.78, 5) is 31.0. The number of anilines is 1. The molecule has 350 valence electrons. The van der Waals surface area contributed by atoms with Crippen molar-refractivity contribution < 1.29 is 63.2 Å². The van der Waals surface area contributed by atoms with Gasteiger partial charge in [-0.05, 0) is 108 Å². The molecule has 0 spiro atoms. The number of halogens is 2. The summed E-state index contributed by atoms with van der Waals surface area (Å²) in [5, 5.41) is 66.4. The van der Waals surface area contributed by atoms with Crippen LogP contribution >= 0.6 is 22.6 Å². The van der Waals surface area contributed by atoms with Gasteiger partial charge in [0.15, 0.2) is 10.4 Å². The van der Waals surface area contributed by atoms with Crippen LogP contribution in [0.4, 0.5) is 14.9 Å². The Labute approximate surface area is 376 Å². The number of rotatable bonds is 11. The van der Waals surface area contributed by atoms with Crippen molar-refractivity contribution in [1.82, 2.24) is 24.8 Å². The van der Waals surface area contributed by atoms with E-state index in [0.29, 0.717) is 30.9 Å². The third kappa shape index (κ3) is 12.2. The fraction of sp³-hybridized carbons (Fsp3) is 0.762. The van der Waals surface area contributed by atoms with E-state index in [4.69, 9.17) is 23.7 Å². The Morgan fingerprint density at radius 3 is 2.45 bits per heavy atom. The molecule has 5 N–H and O–H groups in total. The molecule has 0 unspecified atom stereocenters. The van der Waals surface area contributed by atoms with Crippen LogP contribution in [0.2, 0.25) is 0 Å². The second-order valence-electron chi connectivity index (χ2n) is 18.1. The molecule has 3 aliphatic heterocycles. The number of cyclic esters (lactones) is 2. The van der Waals surface area contributed by atoms with Crippen molar-refractivity contribution in [2.24, 2.45) is 17.8 Å². The lowest BCUT2D eigenvalue weighted by Crippen LogP contribution is -2.59. The minimum Gasteiger partial charge on any atom is -0.448 e. The average molecular weight is 993 g/mol. The maximum absolute atomic E-state index is 13.7. The number of benzene rings is 1.